The normalized spacial score (nSPS) is 29.0. The van der Waals surface area contributed by atoms with Gasteiger partial charge in [-0.25, -0.2) is 0 Å². The molecule has 4 atom stereocenters. The van der Waals surface area contributed by atoms with E-state index in [4.69, 9.17) is 0 Å². The Labute approximate surface area is 107 Å². The van der Waals surface area contributed by atoms with Gasteiger partial charge in [-0.1, -0.05) is 39.3 Å². The molecule has 0 heterocycles. The van der Waals surface area contributed by atoms with Crippen molar-refractivity contribution < 1.29 is 5.11 Å². The molecule has 4 unspecified atom stereocenters. The van der Waals surface area contributed by atoms with Crippen molar-refractivity contribution in [2.24, 2.45) is 23.7 Å². The molecule has 17 heavy (non-hydrogen) atoms. The van der Waals surface area contributed by atoms with Crippen LogP contribution >= 0.6 is 0 Å². The zero-order valence-corrected chi connectivity index (χ0v) is 12.2. The van der Waals surface area contributed by atoms with Gasteiger partial charge in [-0.3, -0.25) is 0 Å². The molecular formula is C16H30O. The molecule has 1 N–H and O–H groups in total. The van der Waals surface area contributed by atoms with Crippen LogP contribution in [-0.4, -0.2) is 11.2 Å². The summed E-state index contributed by atoms with van der Waals surface area (Å²) in [4.78, 5) is 0. The van der Waals surface area contributed by atoms with Gasteiger partial charge in [0, 0.05) is 0 Å². The number of allylic oxidation sites excluding steroid dienone is 2. The minimum atomic E-state index is -0.102. The molecule has 0 amide bonds. The molecule has 0 fully saturated rings. The van der Waals surface area contributed by atoms with Gasteiger partial charge in [-0.05, 0) is 56.3 Å². The van der Waals surface area contributed by atoms with Crippen molar-refractivity contribution in [3.05, 3.63) is 11.6 Å². The monoisotopic (exact) mass is 238 g/mol. The fraction of sp³-hybridized carbons (Fsp3) is 0.875. The summed E-state index contributed by atoms with van der Waals surface area (Å²) in [5, 5.41) is 10.4. The Bertz CT molecular complexity index is 254. The lowest BCUT2D eigenvalue weighted by molar-refractivity contribution is 0.0685. The first-order chi connectivity index (χ1) is 7.88. The summed E-state index contributed by atoms with van der Waals surface area (Å²) < 4.78 is 0. The second-order valence-electron chi connectivity index (χ2n) is 6.73. The number of hydrogen-bond acceptors (Lipinski definition) is 1. The van der Waals surface area contributed by atoms with Gasteiger partial charge in [0.05, 0.1) is 6.10 Å². The molecule has 1 rings (SSSR count). The average Bonchev–Trinajstić information content (AvgIpc) is 2.14. The van der Waals surface area contributed by atoms with Crippen LogP contribution in [-0.2, 0) is 0 Å². The third kappa shape index (κ3) is 5.25. The lowest BCUT2D eigenvalue weighted by Gasteiger charge is -2.31. The largest absolute Gasteiger partial charge is 0.393 e. The second-order valence-corrected chi connectivity index (χ2v) is 6.73. The van der Waals surface area contributed by atoms with E-state index in [-0.39, 0.29) is 6.10 Å². The van der Waals surface area contributed by atoms with Crippen molar-refractivity contribution in [2.45, 2.75) is 66.4 Å². The summed E-state index contributed by atoms with van der Waals surface area (Å²) in [7, 11) is 0. The van der Waals surface area contributed by atoms with E-state index in [1.807, 2.05) is 0 Å². The quantitative estimate of drug-likeness (QED) is 0.703. The van der Waals surface area contributed by atoms with E-state index in [0.717, 1.165) is 25.2 Å². The maximum absolute atomic E-state index is 10.4. The zero-order chi connectivity index (χ0) is 13.0. The van der Waals surface area contributed by atoms with E-state index in [1.165, 1.54) is 12.0 Å². The molecule has 0 saturated carbocycles. The number of rotatable bonds is 5. The first-order valence-electron chi connectivity index (χ1n) is 7.23. The van der Waals surface area contributed by atoms with Crippen molar-refractivity contribution in [3.63, 3.8) is 0 Å². The molecule has 1 heteroatoms. The summed E-state index contributed by atoms with van der Waals surface area (Å²) in [6, 6.07) is 0. The molecule has 1 aliphatic rings. The molecule has 100 valence electrons. The minimum Gasteiger partial charge on any atom is -0.393 e. The number of aliphatic hydroxyl groups is 1. The van der Waals surface area contributed by atoms with Gasteiger partial charge in [0.25, 0.3) is 0 Å². The molecule has 1 aliphatic carbocycles. The maximum Gasteiger partial charge on any atom is 0.0574 e. The molecule has 1 nitrogen and oxygen atoms in total. The highest BCUT2D eigenvalue weighted by Crippen LogP contribution is 2.32. The van der Waals surface area contributed by atoms with Crippen LogP contribution in [0.5, 0.6) is 0 Å². The van der Waals surface area contributed by atoms with E-state index >= 15 is 0 Å². The Morgan fingerprint density at radius 3 is 2.47 bits per heavy atom. The van der Waals surface area contributed by atoms with Crippen molar-refractivity contribution in [1.82, 2.24) is 0 Å². The lowest BCUT2D eigenvalue weighted by atomic mass is 9.78. The van der Waals surface area contributed by atoms with Crippen LogP contribution in [0.4, 0.5) is 0 Å². The van der Waals surface area contributed by atoms with Crippen molar-refractivity contribution in [1.29, 1.82) is 0 Å². The Morgan fingerprint density at radius 1 is 1.29 bits per heavy atom. The fourth-order valence-electron chi connectivity index (χ4n) is 3.40. The van der Waals surface area contributed by atoms with E-state index in [1.54, 1.807) is 0 Å². The fourth-order valence-corrected chi connectivity index (χ4v) is 3.40. The van der Waals surface area contributed by atoms with Crippen molar-refractivity contribution in [2.75, 3.05) is 0 Å². The first-order valence-corrected chi connectivity index (χ1v) is 7.23. The van der Waals surface area contributed by atoms with Crippen LogP contribution in [0.15, 0.2) is 11.6 Å². The second kappa shape index (κ2) is 6.58. The highest BCUT2D eigenvalue weighted by atomic mass is 16.3. The van der Waals surface area contributed by atoms with Gasteiger partial charge >= 0.3 is 0 Å². The summed E-state index contributed by atoms with van der Waals surface area (Å²) in [5.41, 5.74) is 1.46. The Hall–Kier alpha value is -0.300. The van der Waals surface area contributed by atoms with Gasteiger partial charge in [0.2, 0.25) is 0 Å². The molecule has 0 spiro atoms. The zero-order valence-electron chi connectivity index (χ0n) is 12.2. The van der Waals surface area contributed by atoms with Crippen LogP contribution in [0.2, 0.25) is 0 Å². The van der Waals surface area contributed by atoms with Gasteiger partial charge in [-0.2, -0.15) is 0 Å². The molecule has 0 aromatic heterocycles. The van der Waals surface area contributed by atoms with E-state index in [0.29, 0.717) is 17.8 Å². The summed E-state index contributed by atoms with van der Waals surface area (Å²) >= 11 is 0. The standard InChI is InChI=1S/C16H30O/c1-11(2)6-12(3)10-16(17)15-8-13(4)7-14(5)9-15/h7,11-13,15-17H,6,8-10H2,1-5H3. The van der Waals surface area contributed by atoms with Gasteiger partial charge in [0.1, 0.15) is 0 Å². The van der Waals surface area contributed by atoms with E-state index in [9.17, 15) is 5.11 Å². The van der Waals surface area contributed by atoms with Crippen LogP contribution in [0, 0.1) is 23.7 Å². The van der Waals surface area contributed by atoms with Crippen molar-refractivity contribution in [3.8, 4) is 0 Å². The first kappa shape index (κ1) is 14.8. The highest BCUT2D eigenvalue weighted by Gasteiger charge is 2.26. The summed E-state index contributed by atoms with van der Waals surface area (Å²) in [6.45, 7) is 11.3. The highest BCUT2D eigenvalue weighted by molar-refractivity contribution is 5.07. The van der Waals surface area contributed by atoms with Gasteiger partial charge < -0.3 is 5.11 Å². The molecular weight excluding hydrogens is 208 g/mol. The van der Waals surface area contributed by atoms with Gasteiger partial charge in [-0.15, -0.1) is 0 Å². The Balaban J connectivity index is 2.42. The third-order valence-electron chi connectivity index (χ3n) is 3.89. The van der Waals surface area contributed by atoms with Crippen LogP contribution in [0.25, 0.3) is 0 Å². The summed E-state index contributed by atoms with van der Waals surface area (Å²) in [5.74, 6) is 2.52. The van der Waals surface area contributed by atoms with E-state index < -0.39 is 0 Å². The summed E-state index contributed by atoms with van der Waals surface area (Å²) in [6.07, 6.45) is 6.72. The number of aliphatic hydroxyl groups excluding tert-OH is 1. The van der Waals surface area contributed by atoms with E-state index in [2.05, 4.69) is 40.7 Å². The minimum absolute atomic E-state index is 0.102. The molecule has 0 radical (unpaired) electrons. The molecule has 0 saturated heterocycles. The predicted molar refractivity (Wildman–Crippen MR) is 74.9 cm³/mol. The molecule has 0 bridgehead atoms. The Morgan fingerprint density at radius 2 is 1.94 bits per heavy atom. The average molecular weight is 238 g/mol. The predicted octanol–water partition coefficient (Wildman–Crippen LogP) is 4.41. The van der Waals surface area contributed by atoms with Crippen LogP contribution < -0.4 is 0 Å². The maximum atomic E-state index is 10.4. The molecule has 0 aromatic rings. The van der Waals surface area contributed by atoms with Crippen molar-refractivity contribution >= 4 is 0 Å². The Kier molecular flexibility index (Phi) is 5.72. The number of hydrogen-bond donors (Lipinski definition) is 1. The third-order valence-corrected chi connectivity index (χ3v) is 3.89. The SMILES string of the molecule is CC1=CC(C)CC(C(O)CC(C)CC(C)C)C1. The van der Waals surface area contributed by atoms with Gasteiger partial charge in [0.15, 0.2) is 0 Å². The van der Waals surface area contributed by atoms with Crippen LogP contribution in [0.1, 0.15) is 60.3 Å². The lowest BCUT2D eigenvalue weighted by Crippen LogP contribution is -2.27. The topological polar surface area (TPSA) is 20.2 Å². The smallest absolute Gasteiger partial charge is 0.0574 e. The molecule has 0 aromatic carbocycles. The van der Waals surface area contributed by atoms with Crippen LogP contribution in [0.3, 0.4) is 0 Å². The molecule has 0 aliphatic heterocycles.